The number of rotatable bonds is 7. The van der Waals surface area contributed by atoms with Gasteiger partial charge in [0.15, 0.2) is 0 Å². The topological polar surface area (TPSA) is 58.6 Å². The number of nitrogens with one attached hydrogen (secondary N) is 1. The molecule has 0 saturated heterocycles. The van der Waals surface area contributed by atoms with Crippen molar-refractivity contribution in [3.63, 3.8) is 0 Å². The summed E-state index contributed by atoms with van der Waals surface area (Å²) in [6.45, 7) is 4.07. The molecule has 0 saturated carbocycles. The highest BCUT2D eigenvalue weighted by molar-refractivity contribution is 8.04. The smallest absolute Gasteiger partial charge is 0.283 e. The van der Waals surface area contributed by atoms with Gasteiger partial charge in [-0.2, -0.15) is 0 Å². The van der Waals surface area contributed by atoms with Crippen LogP contribution in [-0.2, 0) is 16.0 Å². The van der Waals surface area contributed by atoms with Crippen molar-refractivity contribution in [1.29, 1.82) is 0 Å². The molecule has 0 aliphatic carbocycles. The molecule has 0 unspecified atom stereocenters. The Morgan fingerprint density at radius 1 is 0.906 bits per heavy atom. The first-order chi connectivity index (χ1) is 15.5. The number of benzene rings is 3. The first-order valence-electron chi connectivity index (χ1n) is 10.4. The number of thioether (sulfide) groups is 1. The van der Waals surface area contributed by atoms with E-state index in [2.05, 4.69) is 12.2 Å². The molecule has 3 aromatic carbocycles. The van der Waals surface area contributed by atoms with Crippen LogP contribution in [0.2, 0.25) is 0 Å². The van der Waals surface area contributed by atoms with E-state index in [1.54, 1.807) is 24.3 Å². The van der Waals surface area contributed by atoms with Crippen LogP contribution in [0, 0.1) is 6.92 Å². The Balaban J connectivity index is 1.79. The molecule has 0 atom stereocenters. The fourth-order valence-electron chi connectivity index (χ4n) is 3.56. The molecule has 0 bridgehead atoms. The molecule has 1 aliphatic heterocycles. The number of nitrogens with zero attached hydrogens (tertiary/aromatic N) is 1. The number of anilines is 2. The van der Waals surface area contributed by atoms with Crippen LogP contribution in [0.5, 0.6) is 5.75 Å². The summed E-state index contributed by atoms with van der Waals surface area (Å²) in [6.07, 6.45) is 0.801. The number of hydrogen-bond acceptors (Lipinski definition) is 5. The number of ether oxygens (including phenoxy) is 1. The first-order valence-corrected chi connectivity index (χ1v) is 11.2. The zero-order valence-corrected chi connectivity index (χ0v) is 19.0. The fourth-order valence-corrected chi connectivity index (χ4v) is 4.48. The number of imide groups is 1. The molecule has 4 rings (SSSR count). The van der Waals surface area contributed by atoms with E-state index in [0.29, 0.717) is 16.3 Å². The number of amides is 2. The number of methoxy groups -OCH3 is 1. The normalized spacial score (nSPS) is 13.7. The molecule has 5 nitrogen and oxygen atoms in total. The summed E-state index contributed by atoms with van der Waals surface area (Å²) in [5.74, 6) is -0.314. The van der Waals surface area contributed by atoms with Crippen molar-refractivity contribution < 1.29 is 14.3 Å². The second-order valence-corrected chi connectivity index (χ2v) is 8.46. The van der Waals surface area contributed by atoms with Gasteiger partial charge in [0.1, 0.15) is 16.4 Å². The van der Waals surface area contributed by atoms with Crippen LogP contribution in [0.4, 0.5) is 11.4 Å². The van der Waals surface area contributed by atoms with E-state index in [4.69, 9.17) is 4.74 Å². The van der Waals surface area contributed by atoms with Gasteiger partial charge in [-0.25, -0.2) is 4.90 Å². The molecule has 1 aliphatic rings. The first kappa shape index (κ1) is 21.7. The molecule has 0 spiro atoms. The Kier molecular flexibility index (Phi) is 6.32. The Morgan fingerprint density at radius 3 is 2.31 bits per heavy atom. The lowest BCUT2D eigenvalue weighted by molar-refractivity contribution is -0.120. The largest absolute Gasteiger partial charge is 0.495 e. The lowest BCUT2D eigenvalue weighted by Gasteiger charge is -2.18. The third-order valence-electron chi connectivity index (χ3n) is 5.27. The van der Waals surface area contributed by atoms with Gasteiger partial charge < -0.3 is 10.1 Å². The molecule has 0 fully saturated rings. The number of carbonyl (C=O) groups is 2. The zero-order chi connectivity index (χ0) is 22.7. The molecule has 1 N–H and O–H groups in total. The van der Waals surface area contributed by atoms with E-state index in [-0.39, 0.29) is 11.6 Å². The number of carbonyl (C=O) groups excluding carboxylic acids is 2. The Morgan fingerprint density at radius 2 is 1.59 bits per heavy atom. The van der Waals surface area contributed by atoms with Crippen LogP contribution in [0.25, 0.3) is 0 Å². The molecule has 3 aromatic rings. The molecule has 0 aromatic heterocycles. The van der Waals surface area contributed by atoms with Crippen molar-refractivity contribution >= 4 is 35.0 Å². The van der Waals surface area contributed by atoms with Crippen LogP contribution in [0.3, 0.4) is 0 Å². The van der Waals surface area contributed by atoms with Gasteiger partial charge in [0.2, 0.25) is 0 Å². The molecule has 162 valence electrons. The second kappa shape index (κ2) is 9.32. The number of hydrogen-bond donors (Lipinski definition) is 1. The molecule has 2 amide bonds. The maximum absolute atomic E-state index is 13.6. The van der Waals surface area contributed by atoms with Crippen LogP contribution in [0.1, 0.15) is 18.1 Å². The van der Waals surface area contributed by atoms with Gasteiger partial charge in [-0.1, -0.05) is 66.7 Å². The summed E-state index contributed by atoms with van der Waals surface area (Å²) in [5, 5.41) is 3.27. The Hall–Kier alpha value is -3.51. The molecule has 1 heterocycles. The van der Waals surface area contributed by atoms with Crippen LogP contribution >= 0.6 is 11.8 Å². The molecular weight excluding hydrogens is 420 g/mol. The van der Waals surface area contributed by atoms with Crippen LogP contribution < -0.4 is 15.0 Å². The van der Waals surface area contributed by atoms with Crippen LogP contribution in [0.15, 0.2) is 88.3 Å². The fraction of sp³-hybridized carbons (Fsp3) is 0.154. The minimum atomic E-state index is -0.403. The van der Waals surface area contributed by atoms with Gasteiger partial charge in [0.25, 0.3) is 11.8 Å². The predicted molar refractivity (Wildman–Crippen MR) is 129 cm³/mol. The highest BCUT2D eigenvalue weighted by atomic mass is 32.2. The summed E-state index contributed by atoms with van der Waals surface area (Å²) in [6, 6.07) is 22.7. The highest BCUT2D eigenvalue weighted by Gasteiger charge is 2.41. The van der Waals surface area contributed by atoms with E-state index < -0.39 is 5.91 Å². The van der Waals surface area contributed by atoms with E-state index in [1.807, 2.05) is 55.5 Å². The summed E-state index contributed by atoms with van der Waals surface area (Å²) in [5.41, 5.74) is 3.70. The lowest BCUT2D eigenvalue weighted by atomic mass is 10.1. The maximum atomic E-state index is 13.6. The Bertz CT molecular complexity index is 1200. The van der Waals surface area contributed by atoms with Gasteiger partial charge in [-0.15, -0.1) is 0 Å². The van der Waals surface area contributed by atoms with Crippen molar-refractivity contribution in [2.24, 2.45) is 0 Å². The average Bonchev–Trinajstić information content (AvgIpc) is 3.04. The van der Waals surface area contributed by atoms with Crippen molar-refractivity contribution in [3.8, 4) is 5.75 Å². The molecule has 0 radical (unpaired) electrons. The minimum Gasteiger partial charge on any atom is -0.495 e. The quantitative estimate of drug-likeness (QED) is 0.484. The maximum Gasteiger partial charge on any atom is 0.283 e. The van der Waals surface area contributed by atoms with Gasteiger partial charge in [0, 0.05) is 10.6 Å². The summed E-state index contributed by atoms with van der Waals surface area (Å²) in [4.78, 5) is 29.5. The van der Waals surface area contributed by atoms with Crippen molar-refractivity contribution in [2.45, 2.75) is 25.2 Å². The standard InChI is InChI=1S/C26H24N2O3S/c1-4-18-9-5-6-10-20(18)27-23-24(32-19-15-13-17(2)14-16-19)26(30)28(25(23)29)21-11-7-8-12-22(21)31-3/h5-16,27H,4H2,1-3H3. The van der Waals surface area contributed by atoms with Crippen LogP contribution in [-0.4, -0.2) is 18.9 Å². The summed E-state index contributed by atoms with van der Waals surface area (Å²) >= 11 is 1.29. The van der Waals surface area contributed by atoms with Gasteiger partial charge in [-0.05, 0) is 49.2 Å². The predicted octanol–water partition coefficient (Wildman–Crippen LogP) is 5.56. The van der Waals surface area contributed by atoms with Gasteiger partial charge >= 0.3 is 0 Å². The zero-order valence-electron chi connectivity index (χ0n) is 18.2. The summed E-state index contributed by atoms with van der Waals surface area (Å²) < 4.78 is 5.42. The van der Waals surface area contributed by atoms with E-state index in [1.165, 1.54) is 23.8 Å². The molecule has 6 heteroatoms. The molecular formula is C26H24N2O3S. The van der Waals surface area contributed by atoms with Crippen molar-refractivity contribution in [3.05, 3.63) is 94.5 Å². The van der Waals surface area contributed by atoms with E-state index >= 15 is 0 Å². The third kappa shape index (κ3) is 4.14. The highest BCUT2D eigenvalue weighted by Crippen LogP contribution is 2.40. The molecule has 32 heavy (non-hydrogen) atoms. The lowest BCUT2D eigenvalue weighted by Crippen LogP contribution is -2.32. The van der Waals surface area contributed by atoms with E-state index in [9.17, 15) is 9.59 Å². The van der Waals surface area contributed by atoms with Gasteiger partial charge in [-0.3, -0.25) is 9.59 Å². The number of para-hydroxylation sites is 3. The van der Waals surface area contributed by atoms with E-state index in [0.717, 1.165) is 28.1 Å². The minimum absolute atomic E-state index is 0.271. The average molecular weight is 445 g/mol. The van der Waals surface area contributed by atoms with Crippen molar-refractivity contribution in [2.75, 3.05) is 17.3 Å². The second-order valence-electron chi connectivity index (χ2n) is 7.37. The monoisotopic (exact) mass is 444 g/mol. The Labute approximate surface area is 192 Å². The summed E-state index contributed by atoms with van der Waals surface area (Å²) in [7, 11) is 1.52. The SMILES string of the molecule is CCc1ccccc1NC1=C(Sc2ccc(C)cc2)C(=O)N(c2ccccc2OC)C1=O. The van der Waals surface area contributed by atoms with Gasteiger partial charge in [0.05, 0.1) is 12.8 Å². The number of aryl methyl sites for hydroxylation is 2. The van der Waals surface area contributed by atoms with Crippen molar-refractivity contribution in [1.82, 2.24) is 0 Å². The third-order valence-corrected chi connectivity index (χ3v) is 6.36.